The normalized spacial score (nSPS) is 17.8. The maximum atomic E-state index is 13.4. The first-order valence-electron chi connectivity index (χ1n) is 10.5. The Morgan fingerprint density at radius 2 is 2.18 bits per heavy atom. The highest BCUT2D eigenvalue weighted by molar-refractivity contribution is 9.10. The van der Waals surface area contributed by atoms with Gasteiger partial charge in [0, 0.05) is 64.8 Å². The van der Waals surface area contributed by atoms with Gasteiger partial charge in [0.1, 0.15) is 6.04 Å². The Kier molecular flexibility index (Phi) is 7.11. The maximum absolute atomic E-state index is 13.4. The summed E-state index contributed by atoms with van der Waals surface area (Å²) in [6.07, 6.45) is 4.54. The molecule has 9 heteroatoms. The van der Waals surface area contributed by atoms with Crippen LogP contribution in [0.15, 0.2) is 52.5 Å². The number of amides is 2. The standard InChI is InChI=1S/C24H25BrN4O3S/c1-15(32-2)23-24(31)28(13-16-3-5-19-20(26)7-8-27-21(19)11-16)9-10-29(23)22(30)6-4-18-12-17(25)14-33-18/h3-8,11-12,14-15,23H,9-10,13H2,1-2H3,(H2,26,27)/b6-4+/t15-,23?/m0/s1. The van der Waals surface area contributed by atoms with Crippen molar-refractivity contribution in [2.75, 3.05) is 25.9 Å². The zero-order chi connectivity index (χ0) is 23.5. The summed E-state index contributed by atoms with van der Waals surface area (Å²) in [6, 6.07) is 8.86. The molecular formula is C24H25BrN4O3S. The number of carbonyl (C=O) groups is 2. The molecule has 0 spiro atoms. The highest BCUT2D eigenvalue weighted by Gasteiger charge is 2.40. The van der Waals surface area contributed by atoms with Crippen LogP contribution >= 0.6 is 27.3 Å². The molecule has 1 fully saturated rings. The largest absolute Gasteiger partial charge is 0.398 e. The first-order valence-corrected chi connectivity index (χ1v) is 12.2. The second kappa shape index (κ2) is 10.0. The Hall–Kier alpha value is -2.75. The number of aromatic nitrogens is 1. The van der Waals surface area contributed by atoms with E-state index < -0.39 is 12.1 Å². The minimum absolute atomic E-state index is 0.128. The van der Waals surface area contributed by atoms with Gasteiger partial charge in [0.25, 0.3) is 0 Å². The molecule has 172 valence electrons. The number of nitrogen functional groups attached to an aromatic ring is 1. The smallest absolute Gasteiger partial charge is 0.248 e. The van der Waals surface area contributed by atoms with Gasteiger partial charge in [0.15, 0.2) is 0 Å². The van der Waals surface area contributed by atoms with E-state index in [1.54, 1.807) is 35.2 Å². The lowest BCUT2D eigenvalue weighted by Crippen LogP contribution is -2.62. The molecule has 1 aliphatic rings. The van der Waals surface area contributed by atoms with Gasteiger partial charge in [-0.3, -0.25) is 14.6 Å². The van der Waals surface area contributed by atoms with Crippen molar-refractivity contribution in [3.8, 4) is 0 Å². The Bertz CT molecular complexity index is 1210. The van der Waals surface area contributed by atoms with Crippen LogP contribution in [0.3, 0.4) is 0 Å². The monoisotopic (exact) mass is 528 g/mol. The summed E-state index contributed by atoms with van der Waals surface area (Å²) < 4.78 is 6.46. The van der Waals surface area contributed by atoms with Gasteiger partial charge in [-0.05, 0) is 52.7 Å². The van der Waals surface area contributed by atoms with Crippen molar-refractivity contribution in [1.82, 2.24) is 14.8 Å². The van der Waals surface area contributed by atoms with Crippen molar-refractivity contribution in [3.05, 3.63) is 62.9 Å². The van der Waals surface area contributed by atoms with Crippen LogP contribution < -0.4 is 5.73 Å². The molecule has 0 bridgehead atoms. The second-order valence-electron chi connectivity index (χ2n) is 7.93. The van der Waals surface area contributed by atoms with Crippen LogP contribution in [0.1, 0.15) is 17.4 Å². The predicted octanol–water partition coefficient (Wildman–Crippen LogP) is 3.93. The zero-order valence-corrected chi connectivity index (χ0v) is 20.8. The lowest BCUT2D eigenvalue weighted by Gasteiger charge is -2.42. The van der Waals surface area contributed by atoms with Crippen molar-refractivity contribution in [1.29, 1.82) is 0 Å². The van der Waals surface area contributed by atoms with E-state index in [0.717, 1.165) is 25.8 Å². The molecule has 4 rings (SSSR count). The van der Waals surface area contributed by atoms with E-state index in [4.69, 9.17) is 10.5 Å². The number of pyridine rings is 1. The van der Waals surface area contributed by atoms with Gasteiger partial charge in [-0.2, -0.15) is 0 Å². The van der Waals surface area contributed by atoms with Crippen molar-refractivity contribution in [2.24, 2.45) is 0 Å². The summed E-state index contributed by atoms with van der Waals surface area (Å²) in [6.45, 7) is 3.12. The van der Waals surface area contributed by atoms with Crippen molar-refractivity contribution in [3.63, 3.8) is 0 Å². The molecule has 1 unspecified atom stereocenters. The van der Waals surface area contributed by atoms with E-state index in [-0.39, 0.29) is 11.8 Å². The molecule has 1 saturated heterocycles. The summed E-state index contributed by atoms with van der Waals surface area (Å²) in [5, 5.41) is 2.84. The fourth-order valence-electron chi connectivity index (χ4n) is 3.98. The number of rotatable bonds is 6. The van der Waals surface area contributed by atoms with Crippen LogP contribution in [0, 0.1) is 0 Å². The predicted molar refractivity (Wildman–Crippen MR) is 135 cm³/mol. The number of carbonyl (C=O) groups excluding carboxylic acids is 2. The zero-order valence-electron chi connectivity index (χ0n) is 18.4. The van der Waals surface area contributed by atoms with Crippen LogP contribution in [0.2, 0.25) is 0 Å². The molecule has 0 saturated carbocycles. The number of anilines is 1. The lowest BCUT2D eigenvalue weighted by atomic mass is 10.0. The molecule has 3 aromatic rings. The third-order valence-corrected chi connectivity index (χ3v) is 7.46. The lowest BCUT2D eigenvalue weighted by molar-refractivity contribution is -0.155. The quantitative estimate of drug-likeness (QED) is 0.489. The molecule has 2 amide bonds. The Labute approximate surface area is 205 Å². The summed E-state index contributed by atoms with van der Waals surface area (Å²) in [5.41, 5.74) is 8.45. The molecule has 33 heavy (non-hydrogen) atoms. The molecule has 0 aliphatic carbocycles. The van der Waals surface area contributed by atoms with E-state index in [1.807, 2.05) is 36.6 Å². The number of ether oxygens (including phenoxy) is 1. The molecule has 2 atom stereocenters. The number of nitrogens with zero attached hydrogens (tertiary/aromatic N) is 3. The van der Waals surface area contributed by atoms with E-state index in [0.29, 0.717) is 25.3 Å². The van der Waals surface area contributed by atoms with E-state index in [9.17, 15) is 9.59 Å². The van der Waals surface area contributed by atoms with Crippen molar-refractivity contribution in [2.45, 2.75) is 25.6 Å². The average molecular weight is 529 g/mol. The SMILES string of the molecule is CO[C@@H](C)C1C(=O)N(Cc2ccc3c(N)ccnc3c2)CCN1C(=O)/C=C/c1cc(Br)cs1. The highest BCUT2D eigenvalue weighted by Crippen LogP contribution is 2.24. The number of piperazine rings is 1. The van der Waals surface area contributed by atoms with Gasteiger partial charge in [-0.25, -0.2) is 0 Å². The fraction of sp³-hybridized carbons (Fsp3) is 0.292. The van der Waals surface area contributed by atoms with Crippen LogP contribution in [-0.4, -0.2) is 58.9 Å². The third-order valence-electron chi connectivity index (χ3n) is 5.80. The number of hydrogen-bond donors (Lipinski definition) is 1. The molecule has 3 heterocycles. The highest BCUT2D eigenvalue weighted by atomic mass is 79.9. The first kappa shape index (κ1) is 23.4. The molecule has 2 N–H and O–H groups in total. The van der Waals surface area contributed by atoms with Crippen LogP contribution in [0.25, 0.3) is 17.0 Å². The number of thiophene rings is 1. The summed E-state index contributed by atoms with van der Waals surface area (Å²) >= 11 is 4.95. The molecule has 7 nitrogen and oxygen atoms in total. The maximum Gasteiger partial charge on any atom is 0.248 e. The topological polar surface area (TPSA) is 88.8 Å². The molecule has 1 aromatic carbocycles. The number of fused-ring (bicyclic) bond motifs is 1. The fourth-order valence-corrected chi connectivity index (χ4v) is 5.32. The van der Waals surface area contributed by atoms with Gasteiger partial charge in [0.2, 0.25) is 11.8 Å². The average Bonchev–Trinajstić information content (AvgIpc) is 3.23. The van der Waals surface area contributed by atoms with Crippen LogP contribution in [0.4, 0.5) is 5.69 Å². The Morgan fingerprint density at radius 1 is 1.36 bits per heavy atom. The third kappa shape index (κ3) is 5.10. The van der Waals surface area contributed by atoms with E-state index >= 15 is 0 Å². The first-order chi connectivity index (χ1) is 15.9. The van der Waals surface area contributed by atoms with Gasteiger partial charge in [0.05, 0.1) is 11.6 Å². The number of nitrogens with two attached hydrogens (primary N) is 1. The van der Waals surface area contributed by atoms with E-state index in [1.165, 1.54) is 17.4 Å². The van der Waals surface area contributed by atoms with Crippen molar-refractivity contribution < 1.29 is 14.3 Å². The minimum atomic E-state index is -0.690. The van der Waals surface area contributed by atoms with Gasteiger partial charge < -0.3 is 20.3 Å². The van der Waals surface area contributed by atoms with Gasteiger partial charge >= 0.3 is 0 Å². The molecule has 0 radical (unpaired) electrons. The Morgan fingerprint density at radius 3 is 2.91 bits per heavy atom. The number of methoxy groups -OCH3 is 1. The van der Waals surface area contributed by atoms with E-state index in [2.05, 4.69) is 20.9 Å². The number of benzene rings is 1. The van der Waals surface area contributed by atoms with Gasteiger partial charge in [-0.1, -0.05) is 12.1 Å². The van der Waals surface area contributed by atoms with Crippen LogP contribution in [-0.2, 0) is 20.9 Å². The van der Waals surface area contributed by atoms with Crippen LogP contribution in [0.5, 0.6) is 0 Å². The molecular weight excluding hydrogens is 504 g/mol. The summed E-state index contributed by atoms with van der Waals surface area (Å²) in [5.74, 6) is -0.330. The van der Waals surface area contributed by atoms with Crippen molar-refractivity contribution >= 4 is 61.7 Å². The summed E-state index contributed by atoms with van der Waals surface area (Å²) in [7, 11) is 1.55. The minimum Gasteiger partial charge on any atom is -0.398 e. The summed E-state index contributed by atoms with van der Waals surface area (Å²) in [4.78, 5) is 35.1. The number of halogens is 1. The number of hydrogen-bond acceptors (Lipinski definition) is 6. The second-order valence-corrected chi connectivity index (χ2v) is 9.79. The van der Waals surface area contributed by atoms with Gasteiger partial charge in [-0.15, -0.1) is 11.3 Å². The molecule has 2 aromatic heterocycles. The molecule has 1 aliphatic heterocycles. The Balaban J connectivity index is 1.52.